The molecule has 3 fully saturated rings. The van der Waals surface area contributed by atoms with Crippen LogP contribution in [0.3, 0.4) is 0 Å². The van der Waals surface area contributed by atoms with Crippen LogP contribution in [0.25, 0.3) is 22.2 Å². The van der Waals surface area contributed by atoms with Crippen LogP contribution in [-0.2, 0) is 14.3 Å². The van der Waals surface area contributed by atoms with E-state index in [1.54, 1.807) is 54.6 Å². The Morgan fingerprint density at radius 1 is 0.886 bits per heavy atom. The third-order valence-corrected chi connectivity index (χ3v) is 12.8. The Balaban J connectivity index is 1.16. The number of amides is 2. The molecule has 1 aromatic heterocycles. The molecule has 2 heterocycles. The van der Waals surface area contributed by atoms with E-state index >= 15 is 0 Å². The predicted octanol–water partition coefficient (Wildman–Crippen LogP) is 7.29. The number of esters is 1. The zero-order valence-corrected chi connectivity index (χ0v) is 28.1. The van der Waals surface area contributed by atoms with Gasteiger partial charge in [0.1, 0.15) is 0 Å². The second-order valence-electron chi connectivity index (χ2n) is 11.6. The molecule has 2 amide bonds. The van der Waals surface area contributed by atoms with Crippen molar-refractivity contribution in [1.82, 2.24) is 4.98 Å². The Morgan fingerprint density at radius 3 is 2.16 bits per heavy atom. The summed E-state index contributed by atoms with van der Waals surface area (Å²) in [6, 6.07) is 21.2. The topological polar surface area (TPSA) is 93.6 Å². The molecule has 6 unspecified atom stereocenters. The molecule has 0 spiro atoms. The first-order valence-corrected chi connectivity index (χ1v) is 16.9. The number of Topliss-reactive ketones (excluding diaryl/α,β-unsaturated/α-hetero) is 1. The zero-order chi connectivity index (χ0) is 30.9. The number of pyridine rings is 1. The Kier molecular flexibility index (Phi) is 7.58. The van der Waals surface area contributed by atoms with E-state index in [4.69, 9.17) is 9.72 Å². The predicted molar refractivity (Wildman–Crippen MR) is 177 cm³/mol. The monoisotopic (exact) mass is 778 g/mol. The van der Waals surface area contributed by atoms with Gasteiger partial charge in [-0.15, -0.1) is 0 Å². The van der Waals surface area contributed by atoms with Crippen molar-refractivity contribution >= 4 is 87.9 Å². The molecule has 6 atom stereocenters. The first-order chi connectivity index (χ1) is 21.1. The van der Waals surface area contributed by atoms with Crippen LogP contribution in [0.1, 0.15) is 32.7 Å². The van der Waals surface area contributed by atoms with Gasteiger partial charge in [-0.05, 0) is 61.6 Å². The van der Waals surface area contributed by atoms with Crippen molar-refractivity contribution in [1.29, 1.82) is 0 Å². The summed E-state index contributed by atoms with van der Waals surface area (Å²) in [5.41, 5.74) is 4.08. The van der Waals surface area contributed by atoms with Crippen LogP contribution in [0.2, 0.25) is 0 Å². The van der Waals surface area contributed by atoms with E-state index in [0.717, 1.165) is 16.5 Å². The van der Waals surface area contributed by atoms with Crippen molar-refractivity contribution in [3.05, 3.63) is 94.0 Å². The largest absolute Gasteiger partial charge is 0.454 e. The van der Waals surface area contributed by atoms with Gasteiger partial charge in [-0.25, -0.2) is 9.78 Å². The first-order valence-electron chi connectivity index (χ1n) is 14.3. The van der Waals surface area contributed by atoms with E-state index in [-0.39, 0.29) is 56.5 Å². The average molecular weight is 781 g/mol. The van der Waals surface area contributed by atoms with Crippen molar-refractivity contribution in [2.24, 2.45) is 23.7 Å². The van der Waals surface area contributed by atoms with Crippen LogP contribution in [-0.4, -0.2) is 44.8 Å². The van der Waals surface area contributed by atoms with E-state index in [0.29, 0.717) is 33.4 Å². The smallest absolute Gasteiger partial charge is 0.339 e. The molecule has 2 bridgehead atoms. The lowest BCUT2D eigenvalue weighted by molar-refractivity contribution is -0.123. The van der Waals surface area contributed by atoms with Gasteiger partial charge in [-0.2, -0.15) is 0 Å². The Bertz CT molecular complexity index is 1830. The molecule has 7 nitrogen and oxygen atoms in total. The Labute approximate surface area is 278 Å². The number of ketones is 1. The molecule has 3 aliphatic rings. The normalized spacial score (nSPS) is 25.5. The molecule has 10 heteroatoms. The quantitative estimate of drug-likeness (QED) is 0.0884. The summed E-state index contributed by atoms with van der Waals surface area (Å²) in [7, 11) is 0. The van der Waals surface area contributed by atoms with Crippen molar-refractivity contribution in [2.75, 3.05) is 11.5 Å². The molecule has 1 aliphatic heterocycles. The highest BCUT2D eigenvalue weighted by Crippen LogP contribution is 2.60. The fourth-order valence-corrected chi connectivity index (χ4v) is 9.17. The molecule has 44 heavy (non-hydrogen) atoms. The number of anilines is 1. The van der Waals surface area contributed by atoms with Gasteiger partial charge in [0.25, 0.3) is 0 Å². The number of fused-ring (bicyclic) bond motifs is 6. The van der Waals surface area contributed by atoms with Crippen molar-refractivity contribution in [3.8, 4) is 11.3 Å². The van der Waals surface area contributed by atoms with E-state index < -0.39 is 12.6 Å². The number of carbonyl (C=O) groups excluding carboxylic acids is 4. The molecule has 4 aromatic rings. The van der Waals surface area contributed by atoms with Gasteiger partial charge < -0.3 is 4.74 Å². The molecule has 0 N–H and O–H groups in total. The van der Waals surface area contributed by atoms with E-state index in [1.165, 1.54) is 4.90 Å². The van der Waals surface area contributed by atoms with Crippen LogP contribution in [0.15, 0.2) is 77.3 Å². The summed E-state index contributed by atoms with van der Waals surface area (Å²) in [5, 5.41) is 0.581. The SMILES string of the molecule is Cc1ccc(C(=O)COC(=O)c2cc(-c3ccc(N4C(=O)C5C6CC(C(Br)C6Br)C5C4=O)cc3)nc3ccc(Br)cc23)cc1. The highest BCUT2D eigenvalue weighted by Gasteiger charge is 2.66. The summed E-state index contributed by atoms with van der Waals surface area (Å²) < 4.78 is 6.25. The lowest BCUT2D eigenvalue weighted by Gasteiger charge is -2.28. The molecule has 0 radical (unpaired) electrons. The fraction of sp³-hybridized carbons (Fsp3) is 0.265. The van der Waals surface area contributed by atoms with Gasteiger partial charge in [-0.1, -0.05) is 89.8 Å². The number of halogens is 3. The lowest BCUT2D eigenvalue weighted by Crippen LogP contribution is -2.37. The average Bonchev–Trinajstić information content (AvgIpc) is 3.64. The molecular formula is C34H25Br3N2O5. The van der Waals surface area contributed by atoms with E-state index in [9.17, 15) is 19.2 Å². The van der Waals surface area contributed by atoms with E-state index in [2.05, 4.69) is 47.8 Å². The maximum atomic E-state index is 13.5. The molecule has 2 aliphatic carbocycles. The van der Waals surface area contributed by atoms with Gasteiger partial charge in [0.15, 0.2) is 12.4 Å². The van der Waals surface area contributed by atoms with Crippen LogP contribution in [0, 0.1) is 30.6 Å². The van der Waals surface area contributed by atoms with Crippen molar-refractivity contribution < 1.29 is 23.9 Å². The highest BCUT2D eigenvalue weighted by atomic mass is 79.9. The molecule has 7 rings (SSSR count). The summed E-state index contributed by atoms with van der Waals surface area (Å²) >= 11 is 10.9. The number of carbonyl (C=O) groups is 4. The maximum absolute atomic E-state index is 13.5. The summed E-state index contributed by atoms with van der Waals surface area (Å²) in [4.78, 5) is 59.4. The van der Waals surface area contributed by atoms with Gasteiger partial charge in [-0.3, -0.25) is 19.3 Å². The molecular weight excluding hydrogens is 756 g/mol. The second-order valence-corrected chi connectivity index (χ2v) is 14.7. The number of aryl methyl sites for hydroxylation is 1. The van der Waals surface area contributed by atoms with Crippen molar-refractivity contribution in [3.63, 3.8) is 0 Å². The van der Waals surface area contributed by atoms with Gasteiger partial charge in [0, 0.05) is 30.6 Å². The number of ether oxygens (including phenoxy) is 1. The molecule has 222 valence electrons. The number of hydrogen-bond donors (Lipinski definition) is 0. The van der Waals surface area contributed by atoms with Crippen LogP contribution in [0.5, 0.6) is 0 Å². The lowest BCUT2D eigenvalue weighted by atomic mass is 9.81. The number of benzene rings is 3. The Morgan fingerprint density at radius 2 is 1.52 bits per heavy atom. The molecule has 1 saturated heterocycles. The standard InChI is InChI=1S/C34H25Br3N2O5/c1-16-2-4-18(5-3-16)27(40)15-44-34(43)22-14-26(38-25-11-8-19(35)12-21(22)25)17-6-9-20(10-7-17)39-32(41)28-23-13-24(29(28)33(39)42)31(37)30(23)36/h2-12,14,23-24,28-31H,13,15H2,1H3. The second kappa shape index (κ2) is 11.3. The third-order valence-electron chi connectivity index (χ3n) is 9.11. The highest BCUT2D eigenvalue weighted by molar-refractivity contribution is 9.12. The van der Waals surface area contributed by atoms with Crippen LogP contribution >= 0.6 is 47.8 Å². The molecule has 3 aromatic carbocycles. The number of imide groups is 1. The summed E-state index contributed by atoms with van der Waals surface area (Å²) in [5.74, 6) is -1.51. The number of aromatic nitrogens is 1. The summed E-state index contributed by atoms with van der Waals surface area (Å²) in [6.07, 6.45) is 0.876. The minimum absolute atomic E-state index is 0.135. The minimum Gasteiger partial charge on any atom is -0.454 e. The van der Waals surface area contributed by atoms with Crippen LogP contribution in [0.4, 0.5) is 5.69 Å². The van der Waals surface area contributed by atoms with Gasteiger partial charge in [0.2, 0.25) is 11.8 Å². The maximum Gasteiger partial charge on any atom is 0.339 e. The van der Waals surface area contributed by atoms with Crippen molar-refractivity contribution in [2.45, 2.75) is 23.0 Å². The summed E-state index contributed by atoms with van der Waals surface area (Å²) in [6.45, 7) is 1.54. The third kappa shape index (κ3) is 4.86. The number of rotatable bonds is 6. The first kappa shape index (κ1) is 29.5. The van der Waals surface area contributed by atoms with E-state index in [1.807, 2.05) is 25.1 Å². The van der Waals surface area contributed by atoms with Gasteiger partial charge >= 0.3 is 5.97 Å². The minimum atomic E-state index is -0.640. The number of alkyl halides is 2. The number of hydrogen-bond acceptors (Lipinski definition) is 6. The van der Waals surface area contributed by atoms with Gasteiger partial charge in [0.05, 0.1) is 34.3 Å². The molecule has 2 saturated carbocycles. The fourth-order valence-electron chi connectivity index (χ4n) is 6.93. The number of nitrogens with zero attached hydrogens (tertiary/aromatic N) is 2. The zero-order valence-electron chi connectivity index (χ0n) is 23.4. The Hall–Kier alpha value is -3.21. The van der Waals surface area contributed by atoms with Crippen LogP contribution < -0.4 is 4.90 Å².